The molecule has 20 heavy (non-hydrogen) atoms. The molecule has 2 aromatic heterocycles. The van der Waals surface area contributed by atoms with Crippen molar-refractivity contribution in [2.75, 3.05) is 25.0 Å². The van der Waals surface area contributed by atoms with Crippen LogP contribution in [0, 0.1) is 5.92 Å². The molecule has 0 saturated heterocycles. The van der Waals surface area contributed by atoms with Crippen LogP contribution in [0.1, 0.15) is 13.8 Å². The molecule has 0 atom stereocenters. The molecule has 2 heterocycles. The molecular weight excluding hydrogens is 322 g/mol. The van der Waals surface area contributed by atoms with Gasteiger partial charge in [-0.3, -0.25) is 4.79 Å². The standard InChI is InChI=1S/C13H18BrN5O/c1-9(2)6-16-11(20)8-18(3)13-12-15-4-5-19(12)7-10(14)17-13/h4-5,7,9H,6,8H2,1-3H3,(H,16,20). The topological polar surface area (TPSA) is 62.5 Å². The number of amides is 1. The molecule has 0 radical (unpaired) electrons. The third-order valence-electron chi connectivity index (χ3n) is 2.78. The van der Waals surface area contributed by atoms with Crippen molar-refractivity contribution < 1.29 is 4.79 Å². The predicted molar refractivity (Wildman–Crippen MR) is 81.8 cm³/mol. The first-order valence-electron chi connectivity index (χ1n) is 6.44. The van der Waals surface area contributed by atoms with Gasteiger partial charge in [0.1, 0.15) is 4.60 Å². The van der Waals surface area contributed by atoms with E-state index in [9.17, 15) is 4.79 Å². The summed E-state index contributed by atoms with van der Waals surface area (Å²) in [5.74, 6) is 1.09. The Labute approximate surface area is 126 Å². The molecule has 0 aromatic carbocycles. The van der Waals surface area contributed by atoms with E-state index in [0.29, 0.717) is 22.9 Å². The van der Waals surface area contributed by atoms with Gasteiger partial charge in [-0.15, -0.1) is 0 Å². The molecule has 0 aliphatic rings. The average molecular weight is 340 g/mol. The van der Waals surface area contributed by atoms with Gasteiger partial charge in [0.2, 0.25) is 5.91 Å². The lowest BCUT2D eigenvalue weighted by Crippen LogP contribution is -2.37. The normalized spacial score (nSPS) is 11.1. The van der Waals surface area contributed by atoms with Crippen LogP contribution in [0.15, 0.2) is 23.2 Å². The van der Waals surface area contributed by atoms with Crippen molar-refractivity contribution in [3.63, 3.8) is 0 Å². The van der Waals surface area contributed by atoms with E-state index in [1.807, 2.05) is 23.8 Å². The number of nitrogens with one attached hydrogen (secondary N) is 1. The molecule has 1 N–H and O–H groups in total. The maximum Gasteiger partial charge on any atom is 0.239 e. The molecule has 6 nitrogen and oxygen atoms in total. The molecule has 0 aliphatic carbocycles. The van der Waals surface area contributed by atoms with Crippen molar-refractivity contribution in [1.29, 1.82) is 0 Å². The average Bonchev–Trinajstić information content (AvgIpc) is 2.83. The zero-order valence-corrected chi connectivity index (χ0v) is 13.4. The van der Waals surface area contributed by atoms with Crippen molar-refractivity contribution >= 4 is 33.3 Å². The maximum absolute atomic E-state index is 11.9. The fraction of sp³-hybridized carbons (Fsp3) is 0.462. The summed E-state index contributed by atoms with van der Waals surface area (Å²) in [6, 6.07) is 0. The van der Waals surface area contributed by atoms with Crippen LogP contribution in [0.2, 0.25) is 0 Å². The zero-order valence-electron chi connectivity index (χ0n) is 11.8. The van der Waals surface area contributed by atoms with Crippen molar-refractivity contribution in [1.82, 2.24) is 19.7 Å². The van der Waals surface area contributed by atoms with Gasteiger partial charge in [-0.2, -0.15) is 0 Å². The molecule has 0 saturated carbocycles. The van der Waals surface area contributed by atoms with Gasteiger partial charge < -0.3 is 14.6 Å². The second kappa shape index (κ2) is 6.21. The summed E-state index contributed by atoms with van der Waals surface area (Å²) in [6.45, 7) is 5.05. The fourth-order valence-electron chi connectivity index (χ4n) is 1.81. The highest BCUT2D eigenvalue weighted by Gasteiger charge is 2.14. The highest BCUT2D eigenvalue weighted by Crippen LogP contribution is 2.19. The number of aromatic nitrogens is 3. The highest BCUT2D eigenvalue weighted by atomic mass is 79.9. The van der Waals surface area contributed by atoms with Crippen LogP contribution in [0.5, 0.6) is 0 Å². The van der Waals surface area contributed by atoms with E-state index in [0.717, 1.165) is 5.65 Å². The Bertz CT molecular complexity index is 610. The molecule has 108 valence electrons. The first kappa shape index (κ1) is 14.8. The Morgan fingerprint density at radius 2 is 2.30 bits per heavy atom. The number of nitrogens with zero attached hydrogens (tertiary/aromatic N) is 4. The lowest BCUT2D eigenvalue weighted by atomic mass is 10.2. The number of fused-ring (bicyclic) bond motifs is 1. The van der Waals surface area contributed by atoms with Crippen LogP contribution in [0.3, 0.4) is 0 Å². The fourth-order valence-corrected chi connectivity index (χ4v) is 2.19. The lowest BCUT2D eigenvalue weighted by molar-refractivity contribution is -0.119. The van der Waals surface area contributed by atoms with Crippen molar-refractivity contribution in [3.8, 4) is 0 Å². The molecular formula is C13H18BrN5O. The Morgan fingerprint density at radius 1 is 1.55 bits per heavy atom. The summed E-state index contributed by atoms with van der Waals surface area (Å²) in [4.78, 5) is 22.3. The van der Waals surface area contributed by atoms with Crippen LogP contribution >= 0.6 is 15.9 Å². The van der Waals surface area contributed by atoms with E-state index in [2.05, 4.69) is 45.1 Å². The first-order chi connectivity index (χ1) is 9.47. The minimum atomic E-state index is -0.0207. The van der Waals surface area contributed by atoms with Crippen LogP contribution in [-0.2, 0) is 4.79 Å². The Hall–Kier alpha value is -1.63. The minimum absolute atomic E-state index is 0.0207. The molecule has 0 aliphatic heterocycles. The second-order valence-electron chi connectivity index (χ2n) is 5.10. The number of carbonyl (C=O) groups is 1. The van der Waals surface area contributed by atoms with E-state index in [-0.39, 0.29) is 12.5 Å². The molecule has 0 fully saturated rings. The number of likely N-dealkylation sites (N-methyl/N-ethyl adjacent to an activating group) is 1. The van der Waals surface area contributed by atoms with E-state index < -0.39 is 0 Å². The molecule has 0 spiro atoms. The molecule has 7 heteroatoms. The third-order valence-corrected chi connectivity index (χ3v) is 3.16. The third kappa shape index (κ3) is 3.47. The number of anilines is 1. The summed E-state index contributed by atoms with van der Waals surface area (Å²) in [6.07, 6.45) is 5.39. The van der Waals surface area contributed by atoms with E-state index in [4.69, 9.17) is 0 Å². The summed E-state index contributed by atoms with van der Waals surface area (Å²) in [5.41, 5.74) is 0.729. The summed E-state index contributed by atoms with van der Waals surface area (Å²) < 4.78 is 2.57. The van der Waals surface area contributed by atoms with Gasteiger partial charge in [-0.05, 0) is 21.8 Å². The zero-order chi connectivity index (χ0) is 14.7. The number of halogens is 1. The molecule has 2 rings (SSSR count). The Balaban J connectivity index is 2.13. The van der Waals surface area contributed by atoms with Crippen LogP contribution in [0.4, 0.5) is 5.82 Å². The number of rotatable bonds is 5. The van der Waals surface area contributed by atoms with E-state index in [1.165, 1.54) is 0 Å². The first-order valence-corrected chi connectivity index (χ1v) is 7.23. The monoisotopic (exact) mass is 339 g/mol. The van der Waals surface area contributed by atoms with Gasteiger partial charge in [0, 0.05) is 32.2 Å². The maximum atomic E-state index is 11.9. The number of hydrogen-bond donors (Lipinski definition) is 1. The number of carbonyl (C=O) groups excluding carboxylic acids is 1. The predicted octanol–water partition coefficient (Wildman–Crippen LogP) is 1.70. The van der Waals surface area contributed by atoms with E-state index >= 15 is 0 Å². The SMILES string of the molecule is CC(C)CNC(=O)CN(C)c1nc(Br)cn2ccnc12. The Morgan fingerprint density at radius 3 is 3.00 bits per heavy atom. The van der Waals surface area contributed by atoms with Crippen molar-refractivity contribution in [2.24, 2.45) is 5.92 Å². The minimum Gasteiger partial charge on any atom is -0.354 e. The molecule has 0 unspecified atom stereocenters. The largest absolute Gasteiger partial charge is 0.354 e. The van der Waals surface area contributed by atoms with Gasteiger partial charge >= 0.3 is 0 Å². The smallest absolute Gasteiger partial charge is 0.239 e. The lowest BCUT2D eigenvalue weighted by Gasteiger charge is -2.19. The van der Waals surface area contributed by atoms with E-state index in [1.54, 1.807) is 11.1 Å². The summed E-state index contributed by atoms with van der Waals surface area (Å²) in [5, 5.41) is 2.89. The summed E-state index contributed by atoms with van der Waals surface area (Å²) in [7, 11) is 1.83. The van der Waals surface area contributed by atoms with Gasteiger partial charge in [0.15, 0.2) is 11.5 Å². The number of hydrogen-bond acceptors (Lipinski definition) is 4. The second-order valence-corrected chi connectivity index (χ2v) is 5.91. The van der Waals surface area contributed by atoms with Crippen LogP contribution in [0.25, 0.3) is 5.65 Å². The molecule has 1 amide bonds. The van der Waals surface area contributed by atoms with Gasteiger partial charge in [-0.1, -0.05) is 13.8 Å². The van der Waals surface area contributed by atoms with Crippen molar-refractivity contribution in [2.45, 2.75) is 13.8 Å². The quantitative estimate of drug-likeness (QED) is 0.900. The van der Waals surface area contributed by atoms with Gasteiger partial charge in [0.25, 0.3) is 0 Å². The Kier molecular flexibility index (Phi) is 4.59. The van der Waals surface area contributed by atoms with Crippen molar-refractivity contribution in [3.05, 3.63) is 23.2 Å². The molecule has 2 aromatic rings. The summed E-state index contributed by atoms with van der Waals surface area (Å²) >= 11 is 3.37. The van der Waals surface area contributed by atoms with Crippen LogP contribution < -0.4 is 10.2 Å². The number of imidazole rings is 1. The molecule has 0 bridgehead atoms. The van der Waals surface area contributed by atoms with Gasteiger partial charge in [0.05, 0.1) is 6.54 Å². The van der Waals surface area contributed by atoms with Crippen LogP contribution in [-0.4, -0.2) is 40.4 Å². The van der Waals surface area contributed by atoms with Gasteiger partial charge in [-0.25, -0.2) is 9.97 Å². The highest BCUT2D eigenvalue weighted by molar-refractivity contribution is 9.10.